The zero-order chi connectivity index (χ0) is 17.6. The summed E-state index contributed by atoms with van der Waals surface area (Å²) in [5, 5.41) is 10.7. The highest BCUT2D eigenvalue weighted by Gasteiger charge is 2.43. The van der Waals surface area contributed by atoms with Crippen molar-refractivity contribution in [3.8, 4) is 0 Å². The van der Waals surface area contributed by atoms with Crippen molar-refractivity contribution in [1.82, 2.24) is 9.21 Å². The predicted molar refractivity (Wildman–Crippen MR) is 92.7 cm³/mol. The fraction of sp³-hybridized carbons (Fsp3) is 0.647. The zero-order valence-electron chi connectivity index (χ0n) is 14.1. The third kappa shape index (κ3) is 3.07. The molecule has 3 atom stereocenters. The fourth-order valence-electron chi connectivity index (χ4n) is 4.82. The highest BCUT2D eigenvalue weighted by atomic mass is 32.2. The Morgan fingerprint density at radius 1 is 1.00 bits per heavy atom. The number of nitro groups is 1. The van der Waals surface area contributed by atoms with Crippen molar-refractivity contribution in [3.63, 3.8) is 0 Å². The number of non-ortho nitro benzene ring substituents is 1. The van der Waals surface area contributed by atoms with Gasteiger partial charge in [0.05, 0.1) is 9.82 Å². The van der Waals surface area contributed by atoms with E-state index in [0.717, 1.165) is 24.9 Å². The van der Waals surface area contributed by atoms with Gasteiger partial charge >= 0.3 is 0 Å². The van der Waals surface area contributed by atoms with Gasteiger partial charge in [-0.1, -0.05) is 6.42 Å². The monoisotopic (exact) mass is 365 g/mol. The maximum absolute atomic E-state index is 12.8. The number of fused-ring (bicyclic) bond motifs is 2. The number of piperazine rings is 1. The molecule has 25 heavy (non-hydrogen) atoms. The lowest BCUT2D eigenvalue weighted by Gasteiger charge is -2.40. The van der Waals surface area contributed by atoms with Crippen molar-refractivity contribution in [3.05, 3.63) is 34.4 Å². The highest BCUT2D eigenvalue weighted by molar-refractivity contribution is 7.89. The van der Waals surface area contributed by atoms with Crippen molar-refractivity contribution in [2.75, 3.05) is 26.2 Å². The van der Waals surface area contributed by atoms with Crippen molar-refractivity contribution in [1.29, 1.82) is 0 Å². The second-order valence-electron chi connectivity index (χ2n) is 7.43. The van der Waals surface area contributed by atoms with E-state index in [0.29, 0.717) is 19.1 Å². The molecule has 2 bridgehead atoms. The molecule has 0 unspecified atom stereocenters. The van der Waals surface area contributed by atoms with Crippen molar-refractivity contribution < 1.29 is 13.3 Å². The van der Waals surface area contributed by atoms with E-state index < -0.39 is 14.9 Å². The smallest absolute Gasteiger partial charge is 0.269 e. The van der Waals surface area contributed by atoms with Crippen LogP contribution in [0.3, 0.4) is 0 Å². The molecule has 4 rings (SSSR count). The van der Waals surface area contributed by atoms with Gasteiger partial charge in [0, 0.05) is 44.4 Å². The van der Waals surface area contributed by atoms with Gasteiger partial charge in [-0.3, -0.25) is 15.0 Å². The number of sulfonamides is 1. The first-order valence-corrected chi connectivity index (χ1v) is 10.4. The quantitative estimate of drug-likeness (QED) is 0.603. The number of hydrogen-bond donors (Lipinski definition) is 0. The molecule has 1 heterocycles. The van der Waals surface area contributed by atoms with Crippen LogP contribution in [0.25, 0.3) is 0 Å². The van der Waals surface area contributed by atoms with Gasteiger partial charge in [0.2, 0.25) is 10.0 Å². The third-order valence-electron chi connectivity index (χ3n) is 6.13. The van der Waals surface area contributed by atoms with Gasteiger partial charge in [0.1, 0.15) is 0 Å². The minimum atomic E-state index is -3.58. The Labute approximate surface area is 147 Å². The largest absolute Gasteiger partial charge is 0.297 e. The van der Waals surface area contributed by atoms with E-state index in [2.05, 4.69) is 4.90 Å². The summed E-state index contributed by atoms with van der Waals surface area (Å²) in [6, 6.07) is 5.80. The van der Waals surface area contributed by atoms with Crippen LogP contribution in [0.2, 0.25) is 0 Å². The van der Waals surface area contributed by atoms with Crippen LogP contribution < -0.4 is 0 Å². The second kappa shape index (κ2) is 6.34. The van der Waals surface area contributed by atoms with Gasteiger partial charge in [-0.05, 0) is 43.2 Å². The first-order chi connectivity index (χ1) is 11.9. The first kappa shape index (κ1) is 16.9. The van der Waals surface area contributed by atoms with Crippen LogP contribution in [-0.2, 0) is 10.0 Å². The van der Waals surface area contributed by atoms with E-state index >= 15 is 0 Å². The standard InChI is InChI=1S/C17H23N3O4S/c21-20(22)15-3-5-16(6-4-15)25(23,24)19-9-7-18(8-10-19)17-12-13-1-2-14(17)11-13/h3-6,13-14,17H,1-2,7-12H2/t13-,14+,17+/m0/s1. The minimum Gasteiger partial charge on any atom is -0.297 e. The average molecular weight is 365 g/mol. The fourth-order valence-corrected chi connectivity index (χ4v) is 6.25. The molecule has 3 aliphatic rings. The summed E-state index contributed by atoms with van der Waals surface area (Å²) in [5.41, 5.74) is -0.0972. The maximum Gasteiger partial charge on any atom is 0.269 e. The summed E-state index contributed by atoms with van der Waals surface area (Å²) in [7, 11) is -3.58. The Kier molecular flexibility index (Phi) is 4.29. The van der Waals surface area contributed by atoms with Gasteiger partial charge < -0.3 is 0 Å². The molecule has 2 saturated carbocycles. The molecular formula is C17H23N3O4S. The second-order valence-corrected chi connectivity index (χ2v) is 9.37. The van der Waals surface area contributed by atoms with E-state index in [4.69, 9.17) is 0 Å². The molecule has 2 aliphatic carbocycles. The lowest BCUT2D eigenvalue weighted by molar-refractivity contribution is -0.384. The van der Waals surface area contributed by atoms with Crippen LogP contribution in [0.15, 0.2) is 29.2 Å². The lowest BCUT2D eigenvalue weighted by Crippen LogP contribution is -2.53. The SMILES string of the molecule is O=[N+]([O-])c1ccc(S(=O)(=O)N2CCN([C@@H]3C[C@H]4CC[C@@H]3C4)CC2)cc1. The Morgan fingerprint density at radius 3 is 2.20 bits per heavy atom. The zero-order valence-corrected chi connectivity index (χ0v) is 14.9. The topological polar surface area (TPSA) is 83.8 Å². The van der Waals surface area contributed by atoms with Gasteiger partial charge in [0.15, 0.2) is 0 Å². The molecule has 7 nitrogen and oxygen atoms in total. The maximum atomic E-state index is 12.8. The van der Waals surface area contributed by atoms with E-state index in [1.807, 2.05) is 0 Å². The molecule has 0 spiro atoms. The predicted octanol–water partition coefficient (Wildman–Crippen LogP) is 2.09. The van der Waals surface area contributed by atoms with Gasteiger partial charge in [-0.2, -0.15) is 4.31 Å². The molecule has 0 amide bonds. The number of hydrogen-bond acceptors (Lipinski definition) is 5. The molecule has 8 heteroatoms. The normalized spacial score (nSPS) is 30.6. The molecule has 1 aliphatic heterocycles. The van der Waals surface area contributed by atoms with Gasteiger partial charge in [0.25, 0.3) is 5.69 Å². The first-order valence-electron chi connectivity index (χ1n) is 8.94. The lowest BCUT2D eigenvalue weighted by atomic mass is 9.93. The van der Waals surface area contributed by atoms with Gasteiger partial charge in [-0.25, -0.2) is 8.42 Å². The van der Waals surface area contributed by atoms with Crippen LogP contribution in [0.5, 0.6) is 0 Å². The van der Waals surface area contributed by atoms with Crippen LogP contribution in [-0.4, -0.2) is 54.8 Å². The Morgan fingerprint density at radius 2 is 1.68 bits per heavy atom. The third-order valence-corrected chi connectivity index (χ3v) is 8.04. The van der Waals surface area contributed by atoms with E-state index in [1.165, 1.54) is 54.3 Å². The highest BCUT2D eigenvalue weighted by Crippen LogP contribution is 2.46. The summed E-state index contributed by atoms with van der Waals surface area (Å²) in [6.07, 6.45) is 5.33. The van der Waals surface area contributed by atoms with E-state index in [1.54, 1.807) is 0 Å². The van der Waals surface area contributed by atoms with Gasteiger partial charge in [-0.15, -0.1) is 0 Å². The summed E-state index contributed by atoms with van der Waals surface area (Å²) >= 11 is 0. The number of rotatable bonds is 4. The van der Waals surface area contributed by atoms with Crippen LogP contribution in [0.4, 0.5) is 5.69 Å². The minimum absolute atomic E-state index is 0.0972. The molecule has 0 radical (unpaired) electrons. The number of nitrogens with zero attached hydrogens (tertiary/aromatic N) is 3. The molecule has 1 aromatic carbocycles. The Bertz CT molecular complexity index is 757. The van der Waals surface area contributed by atoms with Crippen LogP contribution >= 0.6 is 0 Å². The summed E-state index contributed by atoms with van der Waals surface area (Å²) in [4.78, 5) is 12.8. The summed E-state index contributed by atoms with van der Waals surface area (Å²) in [5.74, 6) is 1.69. The summed E-state index contributed by atoms with van der Waals surface area (Å²) in [6.45, 7) is 2.54. The Balaban J connectivity index is 1.41. The van der Waals surface area contributed by atoms with Crippen LogP contribution in [0, 0.1) is 22.0 Å². The van der Waals surface area contributed by atoms with Crippen molar-refractivity contribution in [2.24, 2.45) is 11.8 Å². The van der Waals surface area contributed by atoms with E-state index in [9.17, 15) is 18.5 Å². The van der Waals surface area contributed by atoms with E-state index in [-0.39, 0.29) is 10.6 Å². The van der Waals surface area contributed by atoms with Crippen molar-refractivity contribution >= 4 is 15.7 Å². The molecule has 136 valence electrons. The molecule has 3 fully saturated rings. The molecule has 0 N–H and O–H groups in total. The number of benzene rings is 1. The molecule has 0 aromatic heterocycles. The molecule has 1 aromatic rings. The van der Waals surface area contributed by atoms with Crippen LogP contribution in [0.1, 0.15) is 25.7 Å². The average Bonchev–Trinajstić information content (AvgIpc) is 3.25. The summed E-state index contributed by atoms with van der Waals surface area (Å²) < 4.78 is 27.0. The molecular weight excluding hydrogens is 342 g/mol. The molecule has 1 saturated heterocycles. The van der Waals surface area contributed by atoms with Crippen molar-refractivity contribution in [2.45, 2.75) is 36.6 Å². The number of nitro benzene ring substituents is 1. The Hall–Kier alpha value is -1.51.